The summed E-state index contributed by atoms with van der Waals surface area (Å²) in [6.45, 7) is 5.72. The van der Waals surface area contributed by atoms with Gasteiger partial charge >= 0.3 is 5.97 Å². The second-order valence-corrected chi connectivity index (χ2v) is 5.54. The zero-order valence-electron chi connectivity index (χ0n) is 12.4. The number of benzene rings is 1. The number of rotatable bonds is 6. The predicted octanol–water partition coefficient (Wildman–Crippen LogP) is 2.80. The van der Waals surface area contributed by atoms with E-state index in [-0.39, 0.29) is 11.8 Å². The van der Waals surface area contributed by atoms with Crippen molar-refractivity contribution in [1.82, 2.24) is 4.90 Å². The molecule has 4 nitrogen and oxygen atoms in total. The van der Waals surface area contributed by atoms with Gasteiger partial charge in [0, 0.05) is 19.1 Å². The maximum Gasteiger partial charge on any atom is 0.306 e. The smallest absolute Gasteiger partial charge is 0.306 e. The molecule has 1 aliphatic rings. The average molecular weight is 277 g/mol. The highest BCUT2D eigenvalue weighted by Crippen LogP contribution is 2.34. The second-order valence-electron chi connectivity index (χ2n) is 5.54. The number of likely N-dealkylation sites (tertiary alicyclic amines) is 1. The zero-order chi connectivity index (χ0) is 14.7. The molecule has 1 saturated heterocycles. The standard InChI is InChI=1S/C16H23NO3/c1-4-15(12-5-7-14(20-3)8-6-12)17-9-13(10-17)11(2)16(18)19/h5-8,11,13,15H,4,9-10H2,1-3H3,(H,18,19). The molecule has 0 spiro atoms. The molecule has 4 heteroatoms. The van der Waals surface area contributed by atoms with Crippen molar-refractivity contribution in [1.29, 1.82) is 0 Å². The van der Waals surface area contributed by atoms with E-state index in [1.165, 1.54) is 5.56 Å². The topological polar surface area (TPSA) is 49.8 Å². The number of carboxylic acids is 1. The van der Waals surface area contributed by atoms with Crippen molar-refractivity contribution in [2.24, 2.45) is 11.8 Å². The molecule has 110 valence electrons. The Balaban J connectivity index is 1.98. The van der Waals surface area contributed by atoms with E-state index in [9.17, 15) is 4.79 Å². The number of nitrogens with zero attached hydrogens (tertiary/aromatic N) is 1. The van der Waals surface area contributed by atoms with Crippen molar-refractivity contribution >= 4 is 5.97 Å². The van der Waals surface area contributed by atoms with Crippen molar-refractivity contribution < 1.29 is 14.6 Å². The molecular weight excluding hydrogens is 254 g/mol. The molecule has 2 rings (SSSR count). The maximum atomic E-state index is 11.0. The van der Waals surface area contributed by atoms with Crippen LogP contribution < -0.4 is 4.74 Å². The van der Waals surface area contributed by atoms with Crippen LogP contribution in [-0.4, -0.2) is 36.2 Å². The van der Waals surface area contributed by atoms with Gasteiger partial charge in [0.2, 0.25) is 0 Å². The normalized spacial score (nSPS) is 19.1. The lowest BCUT2D eigenvalue weighted by Gasteiger charge is -2.46. The van der Waals surface area contributed by atoms with Crippen LogP contribution in [0.3, 0.4) is 0 Å². The van der Waals surface area contributed by atoms with Crippen molar-refractivity contribution in [3.63, 3.8) is 0 Å². The van der Waals surface area contributed by atoms with E-state index in [1.54, 1.807) is 14.0 Å². The second kappa shape index (κ2) is 6.27. The first-order valence-electron chi connectivity index (χ1n) is 7.17. The largest absolute Gasteiger partial charge is 0.497 e. The molecule has 0 bridgehead atoms. The summed E-state index contributed by atoms with van der Waals surface area (Å²) in [7, 11) is 1.67. The minimum Gasteiger partial charge on any atom is -0.497 e. The SMILES string of the molecule is CCC(c1ccc(OC)cc1)N1CC(C(C)C(=O)O)C1. The molecule has 0 amide bonds. The Kier molecular flexibility index (Phi) is 4.65. The highest BCUT2D eigenvalue weighted by atomic mass is 16.5. The van der Waals surface area contributed by atoms with Gasteiger partial charge in [0.05, 0.1) is 13.0 Å². The fourth-order valence-electron chi connectivity index (χ4n) is 2.85. The third kappa shape index (κ3) is 2.96. The van der Waals surface area contributed by atoms with Gasteiger partial charge in [0.25, 0.3) is 0 Å². The van der Waals surface area contributed by atoms with E-state index < -0.39 is 5.97 Å². The fraction of sp³-hybridized carbons (Fsp3) is 0.562. The number of aliphatic carboxylic acids is 1. The van der Waals surface area contributed by atoms with Gasteiger partial charge in [-0.2, -0.15) is 0 Å². The minimum absolute atomic E-state index is 0.250. The molecule has 1 N–H and O–H groups in total. The Morgan fingerprint density at radius 3 is 2.45 bits per heavy atom. The van der Waals surface area contributed by atoms with E-state index >= 15 is 0 Å². The van der Waals surface area contributed by atoms with Crippen LogP contribution in [0.1, 0.15) is 31.9 Å². The zero-order valence-corrected chi connectivity index (χ0v) is 12.4. The van der Waals surface area contributed by atoms with Crippen LogP contribution >= 0.6 is 0 Å². The van der Waals surface area contributed by atoms with Crippen LogP contribution in [0, 0.1) is 11.8 Å². The van der Waals surface area contributed by atoms with E-state index in [0.29, 0.717) is 6.04 Å². The maximum absolute atomic E-state index is 11.0. The van der Waals surface area contributed by atoms with Gasteiger partial charge in [-0.3, -0.25) is 9.69 Å². The number of carboxylic acid groups (broad SMARTS) is 1. The fourth-order valence-corrected chi connectivity index (χ4v) is 2.85. The quantitative estimate of drug-likeness (QED) is 0.868. The van der Waals surface area contributed by atoms with E-state index in [0.717, 1.165) is 25.3 Å². The van der Waals surface area contributed by atoms with Crippen LogP contribution in [0.5, 0.6) is 5.75 Å². The van der Waals surface area contributed by atoms with Crippen LogP contribution in [0.4, 0.5) is 0 Å². The van der Waals surface area contributed by atoms with Crippen molar-refractivity contribution in [3.05, 3.63) is 29.8 Å². The Morgan fingerprint density at radius 2 is 2.00 bits per heavy atom. The minimum atomic E-state index is -0.688. The Hall–Kier alpha value is -1.55. The van der Waals surface area contributed by atoms with E-state index in [4.69, 9.17) is 9.84 Å². The molecule has 1 aromatic rings. The molecule has 2 unspecified atom stereocenters. The third-order valence-electron chi connectivity index (χ3n) is 4.36. The first kappa shape index (κ1) is 14.9. The van der Waals surface area contributed by atoms with Gasteiger partial charge < -0.3 is 9.84 Å². The summed E-state index contributed by atoms with van der Waals surface area (Å²) in [6, 6.07) is 8.53. The van der Waals surface area contributed by atoms with Gasteiger partial charge in [-0.05, 0) is 30.0 Å². The van der Waals surface area contributed by atoms with Crippen molar-refractivity contribution in [2.45, 2.75) is 26.3 Å². The number of carbonyl (C=O) groups is 1. The van der Waals surface area contributed by atoms with Crippen LogP contribution in [0.25, 0.3) is 0 Å². The summed E-state index contributed by atoms with van der Waals surface area (Å²) in [5.74, 6) is 0.205. The van der Waals surface area contributed by atoms with Gasteiger partial charge in [0.15, 0.2) is 0 Å². The molecule has 0 aliphatic carbocycles. The lowest BCUT2D eigenvalue weighted by atomic mass is 9.84. The average Bonchev–Trinajstić information content (AvgIpc) is 2.41. The molecule has 1 heterocycles. The monoisotopic (exact) mass is 277 g/mol. The Bertz CT molecular complexity index is 451. The summed E-state index contributed by atoms with van der Waals surface area (Å²) in [6.07, 6.45) is 1.03. The summed E-state index contributed by atoms with van der Waals surface area (Å²) >= 11 is 0. The summed E-state index contributed by atoms with van der Waals surface area (Å²) in [5, 5.41) is 9.04. The first-order valence-corrected chi connectivity index (χ1v) is 7.17. The van der Waals surface area contributed by atoms with Gasteiger partial charge in [-0.25, -0.2) is 0 Å². The molecule has 1 aliphatic heterocycles. The number of hydrogen-bond acceptors (Lipinski definition) is 3. The van der Waals surface area contributed by atoms with Crippen molar-refractivity contribution in [3.8, 4) is 5.75 Å². The molecule has 0 aromatic heterocycles. The molecular formula is C16H23NO3. The van der Waals surface area contributed by atoms with Gasteiger partial charge in [-0.15, -0.1) is 0 Å². The predicted molar refractivity (Wildman–Crippen MR) is 77.9 cm³/mol. The van der Waals surface area contributed by atoms with Crippen LogP contribution in [-0.2, 0) is 4.79 Å². The molecule has 2 atom stereocenters. The highest BCUT2D eigenvalue weighted by molar-refractivity contribution is 5.70. The molecule has 0 radical (unpaired) electrons. The molecule has 0 saturated carbocycles. The van der Waals surface area contributed by atoms with Gasteiger partial charge in [-0.1, -0.05) is 26.0 Å². The lowest BCUT2D eigenvalue weighted by molar-refractivity contribution is -0.146. The lowest BCUT2D eigenvalue weighted by Crippen LogP contribution is -2.52. The molecule has 1 fully saturated rings. The molecule has 1 aromatic carbocycles. The first-order chi connectivity index (χ1) is 9.56. The number of hydrogen-bond donors (Lipinski definition) is 1. The third-order valence-corrected chi connectivity index (χ3v) is 4.36. The van der Waals surface area contributed by atoms with Gasteiger partial charge in [0.1, 0.15) is 5.75 Å². The Labute approximate surface area is 120 Å². The van der Waals surface area contributed by atoms with Crippen LogP contribution in [0.15, 0.2) is 24.3 Å². The number of ether oxygens (including phenoxy) is 1. The van der Waals surface area contributed by atoms with E-state index in [2.05, 4.69) is 24.0 Å². The highest BCUT2D eigenvalue weighted by Gasteiger charge is 2.37. The summed E-state index contributed by atoms with van der Waals surface area (Å²) in [4.78, 5) is 13.4. The molecule has 20 heavy (non-hydrogen) atoms. The summed E-state index contributed by atoms with van der Waals surface area (Å²) in [5.41, 5.74) is 1.27. The van der Waals surface area contributed by atoms with Crippen molar-refractivity contribution in [2.75, 3.05) is 20.2 Å². The summed E-state index contributed by atoms with van der Waals surface area (Å²) < 4.78 is 5.18. The van der Waals surface area contributed by atoms with Crippen LogP contribution in [0.2, 0.25) is 0 Å². The Morgan fingerprint density at radius 1 is 1.40 bits per heavy atom. The number of methoxy groups -OCH3 is 1. The van der Waals surface area contributed by atoms with E-state index in [1.807, 2.05) is 12.1 Å².